The lowest BCUT2D eigenvalue weighted by molar-refractivity contribution is 0.112. The summed E-state index contributed by atoms with van der Waals surface area (Å²) in [5, 5.41) is 0. The van der Waals surface area contributed by atoms with Gasteiger partial charge in [-0.1, -0.05) is 28.8 Å². The van der Waals surface area contributed by atoms with E-state index in [9.17, 15) is 4.79 Å². The van der Waals surface area contributed by atoms with E-state index in [0.717, 1.165) is 54.3 Å². The van der Waals surface area contributed by atoms with Gasteiger partial charge in [0.05, 0.1) is 13.2 Å². The molecule has 3 rings (SSSR count). The first-order valence-corrected chi connectivity index (χ1v) is 8.61. The van der Waals surface area contributed by atoms with Crippen LogP contribution < -0.4 is 9.47 Å². The molecule has 2 aliphatic rings. The van der Waals surface area contributed by atoms with Crippen LogP contribution in [0.15, 0.2) is 21.6 Å². The van der Waals surface area contributed by atoms with E-state index in [1.54, 1.807) is 13.2 Å². The minimum atomic E-state index is -0.516. The summed E-state index contributed by atoms with van der Waals surface area (Å²) in [6.45, 7) is 0. The maximum Gasteiger partial charge on any atom is 0.235 e. The van der Waals surface area contributed by atoms with Gasteiger partial charge in [-0.25, -0.2) is 4.79 Å². The van der Waals surface area contributed by atoms with Crippen molar-refractivity contribution < 1.29 is 14.3 Å². The third-order valence-electron chi connectivity index (χ3n) is 4.77. The molecule has 0 heterocycles. The third kappa shape index (κ3) is 2.80. The highest BCUT2D eigenvalue weighted by Crippen LogP contribution is 2.50. The normalized spacial score (nSPS) is 20.1. The molecule has 0 N–H and O–H groups in total. The average molecular weight is 366 g/mol. The van der Waals surface area contributed by atoms with E-state index in [2.05, 4.69) is 20.9 Å². The SMILES string of the molecule is COc1cc(Br)cc(C2(N=C=O)CCCC2)c1OC1CCC1. The van der Waals surface area contributed by atoms with Gasteiger partial charge in [-0.05, 0) is 44.2 Å². The van der Waals surface area contributed by atoms with Crippen molar-refractivity contribution in [2.45, 2.75) is 56.6 Å². The highest BCUT2D eigenvalue weighted by atomic mass is 79.9. The number of carbonyl (C=O) groups excluding carboxylic acids is 1. The van der Waals surface area contributed by atoms with Crippen molar-refractivity contribution in [3.8, 4) is 11.5 Å². The molecule has 0 saturated heterocycles. The zero-order chi connectivity index (χ0) is 15.6. The number of methoxy groups -OCH3 is 1. The van der Waals surface area contributed by atoms with Crippen LogP contribution in [0.2, 0.25) is 0 Å². The Bertz CT molecular complexity index is 600. The molecule has 2 aliphatic carbocycles. The first kappa shape index (κ1) is 15.6. The monoisotopic (exact) mass is 365 g/mol. The highest BCUT2D eigenvalue weighted by Gasteiger charge is 2.40. The molecule has 0 aromatic heterocycles. The van der Waals surface area contributed by atoms with Gasteiger partial charge in [0.2, 0.25) is 6.08 Å². The fourth-order valence-corrected chi connectivity index (χ4v) is 3.77. The van der Waals surface area contributed by atoms with Crippen molar-refractivity contribution in [1.82, 2.24) is 0 Å². The Morgan fingerprint density at radius 2 is 2.00 bits per heavy atom. The zero-order valence-electron chi connectivity index (χ0n) is 12.7. The van der Waals surface area contributed by atoms with Crippen LogP contribution in [0.3, 0.4) is 0 Å². The molecule has 0 radical (unpaired) electrons. The molecule has 0 spiro atoms. The van der Waals surface area contributed by atoms with Gasteiger partial charge in [0.15, 0.2) is 11.5 Å². The summed E-state index contributed by atoms with van der Waals surface area (Å²) >= 11 is 3.53. The number of isocyanates is 1. The van der Waals surface area contributed by atoms with Crippen LogP contribution >= 0.6 is 15.9 Å². The lowest BCUT2D eigenvalue weighted by atomic mass is 9.87. The van der Waals surface area contributed by atoms with Crippen LogP contribution in [0.25, 0.3) is 0 Å². The predicted octanol–water partition coefficient (Wildman–Crippen LogP) is 4.49. The lowest BCUT2D eigenvalue weighted by Gasteiger charge is -2.32. The van der Waals surface area contributed by atoms with Crippen LogP contribution in [0.1, 0.15) is 50.5 Å². The van der Waals surface area contributed by atoms with Gasteiger partial charge in [-0.2, -0.15) is 4.99 Å². The second-order valence-electron chi connectivity index (χ2n) is 6.10. The summed E-state index contributed by atoms with van der Waals surface area (Å²) in [5.41, 5.74) is 0.434. The minimum Gasteiger partial charge on any atom is -0.493 e. The van der Waals surface area contributed by atoms with Crippen molar-refractivity contribution in [2.24, 2.45) is 4.99 Å². The average Bonchev–Trinajstić information content (AvgIpc) is 2.93. The molecule has 118 valence electrons. The second-order valence-corrected chi connectivity index (χ2v) is 7.01. The smallest absolute Gasteiger partial charge is 0.235 e. The minimum absolute atomic E-state index is 0.243. The molecule has 1 aromatic carbocycles. The molecule has 0 atom stereocenters. The van der Waals surface area contributed by atoms with Crippen molar-refractivity contribution in [2.75, 3.05) is 7.11 Å². The molecule has 4 nitrogen and oxygen atoms in total. The number of hydrogen-bond acceptors (Lipinski definition) is 4. The van der Waals surface area contributed by atoms with Crippen molar-refractivity contribution in [1.29, 1.82) is 0 Å². The van der Waals surface area contributed by atoms with Gasteiger partial charge in [-0.15, -0.1) is 0 Å². The summed E-state index contributed by atoms with van der Waals surface area (Å²) in [6.07, 6.45) is 9.19. The Balaban J connectivity index is 2.10. The maximum atomic E-state index is 11.0. The first-order chi connectivity index (χ1) is 10.7. The summed E-state index contributed by atoms with van der Waals surface area (Å²) in [6, 6.07) is 3.92. The number of nitrogens with zero attached hydrogens (tertiary/aromatic N) is 1. The van der Waals surface area contributed by atoms with Crippen LogP contribution in [0.4, 0.5) is 0 Å². The molecule has 2 saturated carbocycles. The largest absolute Gasteiger partial charge is 0.493 e. The van der Waals surface area contributed by atoms with Crippen LogP contribution in [0.5, 0.6) is 11.5 Å². The Morgan fingerprint density at radius 1 is 1.27 bits per heavy atom. The number of benzene rings is 1. The Morgan fingerprint density at radius 3 is 2.55 bits per heavy atom. The first-order valence-electron chi connectivity index (χ1n) is 7.82. The van der Waals surface area contributed by atoms with Gasteiger partial charge in [0.1, 0.15) is 5.54 Å². The Labute approximate surface area is 139 Å². The maximum absolute atomic E-state index is 11.0. The highest BCUT2D eigenvalue weighted by molar-refractivity contribution is 9.10. The van der Waals surface area contributed by atoms with Gasteiger partial charge < -0.3 is 9.47 Å². The third-order valence-corrected chi connectivity index (χ3v) is 5.23. The van der Waals surface area contributed by atoms with Crippen molar-refractivity contribution in [3.05, 3.63) is 22.2 Å². The molecular weight excluding hydrogens is 346 g/mol. The quantitative estimate of drug-likeness (QED) is 0.570. The van der Waals surface area contributed by atoms with Crippen molar-refractivity contribution >= 4 is 22.0 Å². The van der Waals surface area contributed by atoms with Gasteiger partial charge >= 0.3 is 0 Å². The summed E-state index contributed by atoms with van der Waals surface area (Å²) in [5.74, 6) is 1.44. The molecule has 5 heteroatoms. The number of ether oxygens (including phenoxy) is 2. The van der Waals surface area contributed by atoms with E-state index >= 15 is 0 Å². The molecular formula is C17H20BrNO3. The van der Waals surface area contributed by atoms with E-state index in [0.29, 0.717) is 5.75 Å². The Kier molecular flexibility index (Phi) is 4.55. The van der Waals surface area contributed by atoms with Gasteiger partial charge in [0, 0.05) is 10.0 Å². The van der Waals surface area contributed by atoms with E-state index in [1.807, 2.05) is 12.1 Å². The van der Waals surface area contributed by atoms with Crippen LogP contribution in [0, 0.1) is 0 Å². The molecule has 22 heavy (non-hydrogen) atoms. The van der Waals surface area contributed by atoms with Crippen molar-refractivity contribution in [3.63, 3.8) is 0 Å². The summed E-state index contributed by atoms with van der Waals surface area (Å²) < 4.78 is 12.6. The summed E-state index contributed by atoms with van der Waals surface area (Å²) in [4.78, 5) is 15.2. The molecule has 0 aliphatic heterocycles. The topological polar surface area (TPSA) is 47.9 Å². The zero-order valence-corrected chi connectivity index (χ0v) is 14.3. The number of aliphatic imine (C=N–C) groups is 1. The number of hydrogen-bond donors (Lipinski definition) is 0. The van der Waals surface area contributed by atoms with E-state index < -0.39 is 5.54 Å². The second kappa shape index (κ2) is 6.43. The van der Waals surface area contributed by atoms with E-state index in [4.69, 9.17) is 9.47 Å². The molecule has 0 amide bonds. The predicted molar refractivity (Wildman–Crippen MR) is 87.2 cm³/mol. The molecule has 1 aromatic rings. The summed E-state index contributed by atoms with van der Waals surface area (Å²) in [7, 11) is 1.64. The van der Waals surface area contributed by atoms with E-state index in [1.165, 1.54) is 6.42 Å². The van der Waals surface area contributed by atoms with E-state index in [-0.39, 0.29) is 6.10 Å². The fourth-order valence-electron chi connectivity index (χ4n) is 3.33. The number of rotatable bonds is 5. The molecule has 2 fully saturated rings. The van der Waals surface area contributed by atoms with Crippen LogP contribution in [-0.4, -0.2) is 19.3 Å². The number of halogens is 1. The van der Waals surface area contributed by atoms with Gasteiger partial charge in [-0.3, -0.25) is 0 Å². The lowest BCUT2D eigenvalue weighted by Crippen LogP contribution is -2.28. The fraction of sp³-hybridized carbons (Fsp3) is 0.588. The standard InChI is InChI=1S/C17H20BrNO3/c1-21-15-10-12(18)9-14(16(15)22-13-5-4-6-13)17(19-11-20)7-2-3-8-17/h9-10,13H,2-8H2,1H3. The molecule has 0 bridgehead atoms. The Hall–Kier alpha value is -1.32. The van der Waals surface area contributed by atoms with Crippen LogP contribution in [-0.2, 0) is 10.3 Å². The molecule has 0 unspecified atom stereocenters. The van der Waals surface area contributed by atoms with Gasteiger partial charge in [0.25, 0.3) is 0 Å².